The third kappa shape index (κ3) is 43.4. The number of carbonyl (C=O) groups excluding carboxylic acids is 2. The van der Waals surface area contributed by atoms with Crippen molar-refractivity contribution in [3.8, 4) is 0 Å². The van der Waals surface area contributed by atoms with Crippen molar-refractivity contribution in [3.05, 3.63) is 97.2 Å². The second-order valence-electron chi connectivity index (χ2n) is 16.9. The number of ether oxygens (including phenoxy) is 1. The minimum atomic E-state index is -0.812. The van der Waals surface area contributed by atoms with Gasteiger partial charge in [0.1, 0.15) is 6.10 Å². The van der Waals surface area contributed by atoms with Crippen LogP contribution in [0.2, 0.25) is 0 Å². The molecule has 0 saturated heterocycles. The fraction of sp³-hybridized carbons (Fsp3) is 0.679. The van der Waals surface area contributed by atoms with Crippen molar-refractivity contribution in [2.24, 2.45) is 0 Å². The molecular formula is C56H95NO5. The van der Waals surface area contributed by atoms with Crippen LogP contribution in [0.5, 0.6) is 0 Å². The number of rotatable bonds is 44. The molecule has 0 aromatic heterocycles. The number of esters is 1. The van der Waals surface area contributed by atoms with E-state index in [2.05, 4.69) is 68.6 Å². The third-order valence-corrected chi connectivity index (χ3v) is 11.0. The Kier molecular flexibility index (Phi) is 46.3. The maximum atomic E-state index is 13.2. The molecular weight excluding hydrogens is 767 g/mol. The van der Waals surface area contributed by atoms with E-state index in [-0.39, 0.29) is 31.3 Å². The molecule has 6 heteroatoms. The highest BCUT2D eigenvalue weighted by Gasteiger charge is 2.24. The monoisotopic (exact) mass is 862 g/mol. The molecule has 0 fully saturated rings. The molecule has 0 rings (SSSR count). The highest BCUT2D eigenvalue weighted by molar-refractivity contribution is 5.77. The second-order valence-corrected chi connectivity index (χ2v) is 16.9. The number of carbonyl (C=O) groups is 2. The van der Waals surface area contributed by atoms with Crippen molar-refractivity contribution in [3.63, 3.8) is 0 Å². The third-order valence-electron chi connectivity index (χ3n) is 11.0. The number of aliphatic hydroxyl groups excluding tert-OH is 2. The number of aliphatic hydroxyl groups is 2. The largest absolute Gasteiger partial charge is 0.462 e. The van der Waals surface area contributed by atoms with Gasteiger partial charge in [-0.25, -0.2) is 0 Å². The molecule has 3 atom stereocenters. The molecule has 0 aliphatic carbocycles. The minimum Gasteiger partial charge on any atom is -0.462 e. The Hall–Kier alpha value is -3.22. The van der Waals surface area contributed by atoms with Crippen LogP contribution in [0.1, 0.15) is 220 Å². The van der Waals surface area contributed by atoms with Gasteiger partial charge in [-0.2, -0.15) is 0 Å². The lowest BCUT2D eigenvalue weighted by Gasteiger charge is -2.24. The molecule has 3 N–H and O–H groups in total. The molecule has 3 unspecified atom stereocenters. The lowest BCUT2D eigenvalue weighted by atomic mass is 10.0. The van der Waals surface area contributed by atoms with Crippen LogP contribution in [-0.2, 0) is 14.3 Å². The first-order chi connectivity index (χ1) is 30.5. The van der Waals surface area contributed by atoms with Gasteiger partial charge in [-0.15, -0.1) is 0 Å². The van der Waals surface area contributed by atoms with Crippen molar-refractivity contribution in [2.45, 2.75) is 238 Å². The van der Waals surface area contributed by atoms with Gasteiger partial charge in [0.2, 0.25) is 5.91 Å². The van der Waals surface area contributed by atoms with Gasteiger partial charge in [0.15, 0.2) is 0 Å². The average molecular weight is 862 g/mol. The Morgan fingerprint density at radius 1 is 0.500 bits per heavy atom. The Balaban J connectivity index is 4.69. The first-order valence-electron chi connectivity index (χ1n) is 25.5. The number of allylic oxidation sites excluding steroid dienone is 16. The van der Waals surface area contributed by atoms with Gasteiger partial charge >= 0.3 is 5.97 Å². The number of unbranched alkanes of at least 4 members (excludes halogenated alkanes) is 20. The molecule has 0 aliphatic rings. The quantitative estimate of drug-likeness (QED) is 0.0245. The van der Waals surface area contributed by atoms with Crippen LogP contribution in [0.25, 0.3) is 0 Å². The van der Waals surface area contributed by atoms with Crippen LogP contribution in [0, 0.1) is 0 Å². The molecule has 0 heterocycles. The number of amides is 1. The highest BCUT2D eigenvalue weighted by Crippen LogP contribution is 2.17. The molecule has 0 saturated carbocycles. The second kappa shape index (κ2) is 48.8. The fourth-order valence-corrected chi connectivity index (χ4v) is 7.24. The van der Waals surface area contributed by atoms with E-state index in [1.54, 1.807) is 0 Å². The smallest absolute Gasteiger partial charge is 0.306 e. The summed E-state index contributed by atoms with van der Waals surface area (Å²) in [7, 11) is 0. The van der Waals surface area contributed by atoms with Crippen LogP contribution in [0.4, 0.5) is 0 Å². The zero-order valence-corrected chi connectivity index (χ0v) is 40.2. The van der Waals surface area contributed by atoms with Gasteiger partial charge in [0, 0.05) is 6.42 Å². The van der Waals surface area contributed by atoms with Crippen molar-refractivity contribution in [1.82, 2.24) is 5.32 Å². The molecule has 0 bridgehead atoms. The molecule has 354 valence electrons. The van der Waals surface area contributed by atoms with Gasteiger partial charge in [0.05, 0.1) is 25.2 Å². The lowest BCUT2D eigenvalue weighted by molar-refractivity contribution is -0.151. The number of nitrogens with one attached hydrogen (secondary N) is 1. The Labute approximate surface area is 382 Å². The predicted octanol–water partition coefficient (Wildman–Crippen LogP) is 15.3. The Bertz CT molecular complexity index is 1240. The summed E-state index contributed by atoms with van der Waals surface area (Å²) >= 11 is 0. The first kappa shape index (κ1) is 58.8. The molecule has 0 radical (unpaired) electrons. The van der Waals surface area contributed by atoms with Gasteiger partial charge in [-0.3, -0.25) is 9.59 Å². The van der Waals surface area contributed by atoms with Crippen molar-refractivity contribution >= 4 is 11.9 Å². The van der Waals surface area contributed by atoms with E-state index in [1.807, 2.05) is 54.7 Å². The minimum absolute atomic E-state index is 0.0286. The summed E-state index contributed by atoms with van der Waals surface area (Å²) in [5.41, 5.74) is 0. The van der Waals surface area contributed by atoms with Crippen LogP contribution in [-0.4, -0.2) is 46.9 Å². The molecule has 0 aromatic carbocycles. The summed E-state index contributed by atoms with van der Waals surface area (Å²) in [5, 5.41) is 23.8. The fourth-order valence-electron chi connectivity index (χ4n) is 7.24. The summed E-state index contributed by atoms with van der Waals surface area (Å²) in [6.07, 6.45) is 64.7. The van der Waals surface area contributed by atoms with Crippen molar-refractivity contribution in [2.75, 3.05) is 6.61 Å². The van der Waals surface area contributed by atoms with Gasteiger partial charge in [0.25, 0.3) is 0 Å². The summed E-state index contributed by atoms with van der Waals surface area (Å²) in [6, 6.07) is -0.729. The van der Waals surface area contributed by atoms with E-state index >= 15 is 0 Å². The number of hydrogen-bond acceptors (Lipinski definition) is 5. The van der Waals surface area contributed by atoms with Gasteiger partial charge < -0.3 is 20.3 Å². The summed E-state index contributed by atoms with van der Waals surface area (Å²) in [5.74, 6) is -0.591. The summed E-state index contributed by atoms with van der Waals surface area (Å²) < 4.78 is 5.88. The normalized spacial score (nSPS) is 14.1. The number of hydrogen-bond donors (Lipinski definition) is 3. The van der Waals surface area contributed by atoms with E-state index in [1.165, 1.54) is 83.5 Å². The Morgan fingerprint density at radius 2 is 0.952 bits per heavy atom. The summed E-state index contributed by atoms with van der Waals surface area (Å²) in [6.45, 7) is 6.20. The molecule has 0 spiro atoms. The zero-order valence-electron chi connectivity index (χ0n) is 40.2. The molecule has 1 amide bonds. The maximum absolute atomic E-state index is 13.2. The maximum Gasteiger partial charge on any atom is 0.306 e. The van der Waals surface area contributed by atoms with E-state index in [4.69, 9.17) is 4.74 Å². The Morgan fingerprint density at radius 3 is 1.50 bits per heavy atom. The van der Waals surface area contributed by atoms with Crippen LogP contribution in [0.15, 0.2) is 97.2 Å². The van der Waals surface area contributed by atoms with Gasteiger partial charge in [-0.1, -0.05) is 234 Å². The lowest BCUT2D eigenvalue weighted by Crippen LogP contribution is -2.46. The molecule has 0 aromatic rings. The standard InChI is InChI=1S/C56H95NO5/c1-4-7-10-13-16-19-22-25-27-28-31-33-36-39-42-45-48-54(59)53(51-58)57-55(60)50-52(47-44-41-38-35-32-30-26-23-20-17-14-11-8-5-2)62-56(61)49-46-43-40-37-34-29-24-21-18-15-12-9-6-3/h8-9,11-12,15,17-18,20-21,24,26,29-30,34,37,40,52-54,58-59H,4-7,10,13-14,16,19,22-23,25,27-28,31-33,35-36,38-39,41-51H2,1-3H3,(H,57,60)/b11-8+,12-9+,18-15+,20-17+,24-21-,30-26+,34-29-,40-37+. The van der Waals surface area contributed by atoms with E-state index < -0.39 is 18.2 Å². The van der Waals surface area contributed by atoms with Crippen LogP contribution >= 0.6 is 0 Å². The van der Waals surface area contributed by atoms with Crippen molar-refractivity contribution in [1.29, 1.82) is 0 Å². The first-order valence-corrected chi connectivity index (χ1v) is 25.5. The van der Waals surface area contributed by atoms with Crippen LogP contribution in [0.3, 0.4) is 0 Å². The molecule has 0 aliphatic heterocycles. The zero-order chi connectivity index (χ0) is 45.2. The molecule has 6 nitrogen and oxygen atoms in total. The average Bonchev–Trinajstić information content (AvgIpc) is 3.26. The predicted molar refractivity (Wildman–Crippen MR) is 268 cm³/mol. The molecule has 62 heavy (non-hydrogen) atoms. The topological polar surface area (TPSA) is 95.9 Å². The van der Waals surface area contributed by atoms with E-state index in [0.29, 0.717) is 19.3 Å². The summed E-state index contributed by atoms with van der Waals surface area (Å²) in [4.78, 5) is 26.1. The van der Waals surface area contributed by atoms with E-state index in [9.17, 15) is 19.8 Å². The van der Waals surface area contributed by atoms with E-state index in [0.717, 1.165) is 83.5 Å². The van der Waals surface area contributed by atoms with Crippen LogP contribution < -0.4 is 5.32 Å². The highest BCUT2D eigenvalue weighted by atomic mass is 16.5. The van der Waals surface area contributed by atoms with Gasteiger partial charge in [-0.05, 0) is 70.6 Å². The van der Waals surface area contributed by atoms with Crippen molar-refractivity contribution < 1.29 is 24.5 Å². The SMILES string of the molecule is CC/C=C/C=C/C=C\C=C/C=C/CCCC(=O)OC(CCCCCC/C=C/C/C=C/C/C=C/CC)CC(=O)NC(CO)C(O)CCCCCCCCCCCCCCCCCC.